The molecule has 8 heteroatoms. The van der Waals surface area contributed by atoms with E-state index >= 15 is 0 Å². The van der Waals surface area contributed by atoms with Crippen molar-refractivity contribution in [3.8, 4) is 0 Å². The summed E-state index contributed by atoms with van der Waals surface area (Å²) >= 11 is 0. The van der Waals surface area contributed by atoms with Gasteiger partial charge in [0, 0.05) is 36.7 Å². The van der Waals surface area contributed by atoms with E-state index in [-0.39, 0.29) is 12.5 Å². The fourth-order valence-corrected chi connectivity index (χ4v) is 5.95. The van der Waals surface area contributed by atoms with E-state index in [1.54, 1.807) is 30.9 Å². The van der Waals surface area contributed by atoms with Crippen molar-refractivity contribution in [2.45, 2.75) is 17.2 Å². The fourth-order valence-electron chi connectivity index (χ4n) is 4.70. The molecule has 0 bridgehead atoms. The number of hydrogen-bond acceptors (Lipinski definition) is 4. The zero-order valence-electron chi connectivity index (χ0n) is 17.6. The van der Waals surface area contributed by atoms with E-state index < -0.39 is 10.0 Å². The number of imidazole rings is 2. The minimum atomic E-state index is -3.73. The molecule has 0 aliphatic rings. The van der Waals surface area contributed by atoms with Crippen LogP contribution in [0.5, 0.6) is 0 Å². The number of nitrogens with zero attached hydrogens (tertiary/aromatic N) is 2. The molecule has 0 aliphatic carbocycles. The van der Waals surface area contributed by atoms with Gasteiger partial charge in [-0.3, -0.25) is 0 Å². The molecule has 3 N–H and O–H groups in total. The maximum Gasteiger partial charge on any atom is 0.241 e. The minimum Gasteiger partial charge on any atom is -0.348 e. The number of H-pyrrole nitrogens is 2. The summed E-state index contributed by atoms with van der Waals surface area (Å²) in [5.74, 6) is 1.32. The summed E-state index contributed by atoms with van der Waals surface area (Å²) in [6.45, 7) is 0.246. The van der Waals surface area contributed by atoms with Gasteiger partial charge in [0.05, 0.1) is 10.8 Å². The third-order valence-corrected chi connectivity index (χ3v) is 7.72. The third-order valence-electron chi connectivity index (χ3n) is 6.20. The lowest BCUT2D eigenvalue weighted by Gasteiger charge is -2.16. The predicted octanol–water partition coefficient (Wildman–Crippen LogP) is 4.53. The standard InChI is InChI=1S/C25H21N5O2S/c31-33(32,30-11-10-20(24-26-12-13-27-24)25-28-14-15-29-25)21-9-7-18-5-4-16-2-1-3-17-6-8-19(21)23(18)22(16)17/h1-9,12-15,20,30H,10-11H2,(H,26,27)(H,28,29). The van der Waals surface area contributed by atoms with Gasteiger partial charge in [-0.1, -0.05) is 48.5 Å². The van der Waals surface area contributed by atoms with Gasteiger partial charge in [-0.05, 0) is 39.4 Å². The van der Waals surface area contributed by atoms with Crippen molar-refractivity contribution < 1.29 is 8.42 Å². The molecule has 0 amide bonds. The zero-order chi connectivity index (χ0) is 22.4. The molecular weight excluding hydrogens is 434 g/mol. The second-order valence-corrected chi connectivity index (χ2v) is 9.84. The molecule has 33 heavy (non-hydrogen) atoms. The van der Waals surface area contributed by atoms with Crippen molar-refractivity contribution in [3.63, 3.8) is 0 Å². The van der Waals surface area contributed by atoms with Gasteiger partial charge < -0.3 is 9.97 Å². The van der Waals surface area contributed by atoms with Crippen LogP contribution < -0.4 is 4.72 Å². The highest BCUT2D eigenvalue weighted by Crippen LogP contribution is 2.37. The summed E-state index contributed by atoms with van der Waals surface area (Å²) in [7, 11) is -3.73. The molecule has 7 nitrogen and oxygen atoms in total. The molecule has 6 aromatic rings. The van der Waals surface area contributed by atoms with Gasteiger partial charge in [0.25, 0.3) is 0 Å². The van der Waals surface area contributed by atoms with E-state index in [0.29, 0.717) is 11.3 Å². The number of aromatic nitrogens is 4. The number of aromatic amines is 2. The number of sulfonamides is 1. The normalized spacial score (nSPS) is 12.5. The number of nitrogens with one attached hydrogen (secondary N) is 3. The van der Waals surface area contributed by atoms with Crippen molar-refractivity contribution in [2.24, 2.45) is 0 Å². The van der Waals surface area contributed by atoms with Crippen molar-refractivity contribution in [1.29, 1.82) is 0 Å². The minimum absolute atomic E-state index is 0.168. The van der Waals surface area contributed by atoms with E-state index in [9.17, 15) is 8.42 Å². The van der Waals surface area contributed by atoms with Gasteiger partial charge in [0.1, 0.15) is 11.6 Å². The van der Waals surface area contributed by atoms with Crippen LogP contribution >= 0.6 is 0 Å². The number of rotatable bonds is 7. The van der Waals surface area contributed by atoms with Gasteiger partial charge in [-0.25, -0.2) is 23.1 Å². The van der Waals surface area contributed by atoms with Crippen LogP contribution in [0.1, 0.15) is 24.0 Å². The highest BCUT2D eigenvalue weighted by atomic mass is 32.2. The molecule has 2 heterocycles. The molecule has 0 saturated heterocycles. The van der Waals surface area contributed by atoms with Crippen LogP contribution in [0.15, 0.2) is 84.3 Å². The summed E-state index contributed by atoms with van der Waals surface area (Å²) in [4.78, 5) is 15.2. The Morgan fingerprint density at radius 1 is 0.788 bits per heavy atom. The molecule has 0 atom stereocenters. The van der Waals surface area contributed by atoms with E-state index in [1.165, 1.54) is 0 Å². The van der Waals surface area contributed by atoms with Crippen LogP contribution in [0.4, 0.5) is 0 Å². The topological polar surface area (TPSA) is 104 Å². The lowest BCUT2D eigenvalue weighted by molar-refractivity contribution is 0.571. The first-order chi connectivity index (χ1) is 16.1. The SMILES string of the molecule is O=S(=O)(NCCC(c1ncc[nH]1)c1ncc[nH]1)c1ccc2ccc3cccc4ccc1c2c34. The smallest absolute Gasteiger partial charge is 0.241 e. The molecule has 0 unspecified atom stereocenters. The Hall–Kier alpha value is -3.75. The van der Waals surface area contributed by atoms with E-state index in [0.717, 1.165) is 44.0 Å². The van der Waals surface area contributed by atoms with Gasteiger partial charge in [-0.15, -0.1) is 0 Å². The highest BCUT2D eigenvalue weighted by molar-refractivity contribution is 7.89. The van der Waals surface area contributed by atoms with Gasteiger partial charge in [-0.2, -0.15) is 0 Å². The van der Waals surface area contributed by atoms with E-state index in [2.05, 4.69) is 42.9 Å². The first kappa shape index (κ1) is 19.9. The fraction of sp³-hybridized carbons (Fsp3) is 0.120. The molecular formula is C25H21N5O2S. The van der Waals surface area contributed by atoms with Gasteiger partial charge >= 0.3 is 0 Å². The van der Waals surface area contributed by atoms with Crippen LogP contribution in [0.25, 0.3) is 32.3 Å². The monoisotopic (exact) mass is 455 g/mol. The number of benzene rings is 4. The quantitative estimate of drug-likeness (QED) is 0.308. The summed E-state index contributed by atoms with van der Waals surface area (Å²) in [6, 6.07) is 17.8. The Morgan fingerprint density at radius 2 is 1.39 bits per heavy atom. The van der Waals surface area contributed by atoms with Crippen LogP contribution in [-0.4, -0.2) is 34.9 Å². The van der Waals surface area contributed by atoms with Gasteiger partial charge in [0.2, 0.25) is 10.0 Å². The first-order valence-corrected chi connectivity index (χ1v) is 12.2. The van der Waals surface area contributed by atoms with Crippen molar-refractivity contribution in [1.82, 2.24) is 24.7 Å². The Bertz CT molecular complexity index is 1610. The predicted molar refractivity (Wildman–Crippen MR) is 129 cm³/mol. The first-order valence-electron chi connectivity index (χ1n) is 10.8. The van der Waals surface area contributed by atoms with Gasteiger partial charge in [0.15, 0.2) is 0 Å². The van der Waals surface area contributed by atoms with E-state index in [4.69, 9.17) is 0 Å². The van der Waals surface area contributed by atoms with Crippen LogP contribution in [0.2, 0.25) is 0 Å². The second kappa shape index (κ2) is 7.68. The molecule has 0 fully saturated rings. The average Bonchev–Trinajstić information content (AvgIpc) is 3.55. The summed E-state index contributed by atoms with van der Waals surface area (Å²) in [6.07, 6.45) is 7.37. The number of hydrogen-bond donors (Lipinski definition) is 3. The summed E-state index contributed by atoms with van der Waals surface area (Å²) in [5, 5.41) is 6.06. The maximum absolute atomic E-state index is 13.4. The molecule has 0 spiro atoms. The largest absolute Gasteiger partial charge is 0.348 e. The van der Waals surface area contributed by atoms with Crippen molar-refractivity contribution in [2.75, 3.05) is 6.54 Å². The zero-order valence-corrected chi connectivity index (χ0v) is 18.4. The van der Waals surface area contributed by atoms with Crippen LogP contribution in [0.3, 0.4) is 0 Å². The Kier molecular flexibility index (Phi) is 4.63. The van der Waals surface area contributed by atoms with Crippen LogP contribution in [0, 0.1) is 0 Å². The molecule has 4 aromatic carbocycles. The van der Waals surface area contributed by atoms with E-state index in [1.807, 2.05) is 30.3 Å². The highest BCUT2D eigenvalue weighted by Gasteiger charge is 2.23. The molecule has 0 aliphatic heterocycles. The maximum atomic E-state index is 13.4. The lowest BCUT2D eigenvalue weighted by Crippen LogP contribution is -2.26. The molecule has 2 aromatic heterocycles. The third kappa shape index (κ3) is 3.35. The summed E-state index contributed by atoms with van der Waals surface area (Å²) < 4.78 is 29.5. The summed E-state index contributed by atoms with van der Waals surface area (Å²) in [5.41, 5.74) is 0. The Balaban J connectivity index is 1.34. The molecule has 0 saturated carbocycles. The second-order valence-electron chi connectivity index (χ2n) is 8.11. The molecule has 6 rings (SSSR count). The van der Waals surface area contributed by atoms with Crippen molar-refractivity contribution in [3.05, 3.63) is 91.0 Å². The Labute approximate surface area is 190 Å². The average molecular weight is 456 g/mol. The Morgan fingerprint density at radius 3 is 2.03 bits per heavy atom. The van der Waals surface area contributed by atoms with Crippen molar-refractivity contribution >= 4 is 42.3 Å². The molecule has 0 radical (unpaired) electrons. The van der Waals surface area contributed by atoms with Crippen LogP contribution in [-0.2, 0) is 10.0 Å². The molecule has 164 valence electrons. The lowest BCUT2D eigenvalue weighted by atomic mass is 9.94.